The molecule has 1 aromatic carbocycles. The number of hydrogen-bond donors (Lipinski definition) is 3. The number of nitrogen functional groups attached to an aromatic ring is 1. The van der Waals surface area contributed by atoms with E-state index in [1.807, 2.05) is 30.3 Å². The maximum atomic E-state index is 12.6. The van der Waals surface area contributed by atoms with Crippen molar-refractivity contribution in [1.29, 1.82) is 4.78 Å². The Labute approximate surface area is 142 Å². The first-order valence-electron chi connectivity index (χ1n) is 7.19. The van der Waals surface area contributed by atoms with Crippen LogP contribution < -0.4 is 16.0 Å². The minimum absolute atomic E-state index is 0.127. The highest BCUT2D eigenvalue weighted by molar-refractivity contribution is 7.92. The zero-order chi connectivity index (χ0) is 18.2. The van der Waals surface area contributed by atoms with Gasteiger partial charge in [0.1, 0.15) is 21.2 Å². The molecule has 1 atom stereocenters. The van der Waals surface area contributed by atoms with E-state index in [2.05, 4.69) is 15.3 Å². The second kappa shape index (κ2) is 6.06. The van der Waals surface area contributed by atoms with E-state index in [-0.39, 0.29) is 11.6 Å². The summed E-state index contributed by atoms with van der Waals surface area (Å²) in [5.74, 6) is -1.70. The molecule has 7 nitrogen and oxygen atoms in total. The Morgan fingerprint density at radius 2 is 1.96 bits per heavy atom. The van der Waals surface area contributed by atoms with Crippen molar-refractivity contribution in [2.75, 3.05) is 28.4 Å². The molecule has 0 radical (unpaired) electrons. The van der Waals surface area contributed by atoms with Gasteiger partial charge in [-0.15, -0.1) is 0 Å². The van der Waals surface area contributed by atoms with Crippen LogP contribution in [-0.4, -0.2) is 32.8 Å². The first kappa shape index (κ1) is 17.3. The molecular formula is C14H15F3N6OS. The molecule has 1 aliphatic heterocycles. The van der Waals surface area contributed by atoms with Crippen LogP contribution in [-0.2, 0) is 16.3 Å². The van der Waals surface area contributed by atoms with Crippen molar-refractivity contribution < 1.29 is 17.4 Å². The van der Waals surface area contributed by atoms with Crippen LogP contribution in [0.4, 0.5) is 30.5 Å². The summed E-state index contributed by atoms with van der Waals surface area (Å²) in [4.78, 5) is 9.35. The molecule has 4 N–H and O–H groups in total. The number of rotatable bonds is 4. The first-order chi connectivity index (χ1) is 11.7. The van der Waals surface area contributed by atoms with Gasteiger partial charge < -0.3 is 16.0 Å². The summed E-state index contributed by atoms with van der Waals surface area (Å²) in [6.07, 6.45) is -4.77. The van der Waals surface area contributed by atoms with Crippen molar-refractivity contribution in [3.63, 3.8) is 0 Å². The van der Waals surface area contributed by atoms with Crippen LogP contribution in [0.2, 0.25) is 0 Å². The molecule has 2 heterocycles. The number of halogens is 3. The summed E-state index contributed by atoms with van der Waals surface area (Å²) >= 11 is 0. The fourth-order valence-corrected chi connectivity index (χ4v) is 3.54. The van der Waals surface area contributed by atoms with Gasteiger partial charge in [-0.3, -0.25) is 0 Å². The molecule has 2 aromatic rings. The number of nitrogens with zero attached hydrogens (tertiary/aromatic N) is 3. The van der Waals surface area contributed by atoms with E-state index < -0.39 is 26.8 Å². The molecule has 25 heavy (non-hydrogen) atoms. The number of nitrogens with two attached hydrogens (primary N) is 1. The first-order valence-corrected chi connectivity index (χ1v) is 8.92. The normalized spacial score (nSPS) is 16.2. The molecule has 0 amide bonds. The van der Waals surface area contributed by atoms with Crippen molar-refractivity contribution in [1.82, 2.24) is 9.97 Å². The summed E-state index contributed by atoms with van der Waals surface area (Å²) in [7, 11) is -4.24. The van der Waals surface area contributed by atoms with Crippen molar-refractivity contribution in [2.45, 2.75) is 17.9 Å². The van der Waals surface area contributed by atoms with Gasteiger partial charge in [-0.25, -0.2) is 14.0 Å². The van der Waals surface area contributed by atoms with Gasteiger partial charge in [-0.05, 0) is 5.56 Å². The monoisotopic (exact) mass is 372 g/mol. The van der Waals surface area contributed by atoms with E-state index in [4.69, 9.17) is 10.5 Å². The van der Waals surface area contributed by atoms with E-state index in [9.17, 15) is 17.4 Å². The van der Waals surface area contributed by atoms with Gasteiger partial charge in [0.25, 0.3) is 0 Å². The topological polar surface area (TPSA) is 108 Å². The van der Waals surface area contributed by atoms with Crippen LogP contribution in [0.25, 0.3) is 0 Å². The molecule has 0 spiro atoms. The van der Waals surface area contributed by atoms with E-state index in [1.54, 1.807) is 4.90 Å². The highest BCUT2D eigenvalue weighted by atomic mass is 32.2. The number of alkyl halides is 3. The SMILES string of the molecule is N=S(=O)(CC(F)(F)F)c1nc(N)c2c(n1)N(Cc1ccccc1)CN2. The predicted octanol–water partition coefficient (Wildman–Crippen LogP) is 2.42. The Balaban J connectivity index is 1.96. The third kappa shape index (κ3) is 3.76. The van der Waals surface area contributed by atoms with E-state index in [0.29, 0.717) is 18.9 Å². The van der Waals surface area contributed by atoms with E-state index >= 15 is 0 Å². The Bertz CT molecular complexity index is 885. The third-order valence-electron chi connectivity index (χ3n) is 3.52. The maximum absolute atomic E-state index is 12.6. The largest absolute Gasteiger partial charge is 0.401 e. The number of anilines is 3. The highest BCUT2D eigenvalue weighted by Crippen LogP contribution is 2.35. The molecule has 1 aromatic heterocycles. The molecular weight excluding hydrogens is 357 g/mol. The predicted molar refractivity (Wildman–Crippen MR) is 87.6 cm³/mol. The molecule has 0 saturated carbocycles. The average Bonchev–Trinajstić information content (AvgIpc) is 2.90. The van der Waals surface area contributed by atoms with Crippen LogP contribution in [0, 0.1) is 4.78 Å². The third-order valence-corrected chi connectivity index (χ3v) is 5.03. The lowest BCUT2D eigenvalue weighted by Gasteiger charge is -2.18. The Kier molecular flexibility index (Phi) is 4.19. The molecule has 0 bridgehead atoms. The molecule has 0 aliphatic carbocycles. The molecule has 1 unspecified atom stereocenters. The quantitative estimate of drug-likeness (QED) is 0.712. The standard InChI is InChI=1S/C14H15F3N6OS/c15-14(16,17)7-25(19,24)13-21-11(18)10-12(22-13)23(8-20-10)6-9-4-2-1-3-5-9/h1-5,19-20H,6-8H2,(H2,18,21,22). The Morgan fingerprint density at radius 1 is 1.28 bits per heavy atom. The van der Waals surface area contributed by atoms with Crippen molar-refractivity contribution in [2.24, 2.45) is 0 Å². The molecule has 0 saturated heterocycles. The molecule has 1 aliphatic rings. The zero-order valence-electron chi connectivity index (χ0n) is 12.9. The van der Waals surface area contributed by atoms with Gasteiger partial charge in [-0.2, -0.15) is 18.2 Å². The fraction of sp³-hybridized carbons (Fsp3) is 0.286. The smallest absolute Gasteiger partial charge is 0.382 e. The van der Waals surface area contributed by atoms with Gasteiger partial charge in [-0.1, -0.05) is 30.3 Å². The number of aromatic nitrogens is 2. The Morgan fingerprint density at radius 3 is 2.60 bits per heavy atom. The zero-order valence-corrected chi connectivity index (χ0v) is 13.7. The summed E-state index contributed by atoms with van der Waals surface area (Å²) in [5, 5.41) is 2.26. The summed E-state index contributed by atoms with van der Waals surface area (Å²) in [6, 6.07) is 9.37. The molecule has 3 rings (SSSR count). The van der Waals surface area contributed by atoms with Crippen LogP contribution >= 0.6 is 0 Å². The van der Waals surface area contributed by atoms with Crippen LogP contribution in [0.15, 0.2) is 35.5 Å². The number of fused-ring (bicyclic) bond motifs is 1. The minimum atomic E-state index is -4.77. The number of benzene rings is 1. The second-order valence-corrected chi connectivity index (χ2v) is 7.55. The highest BCUT2D eigenvalue weighted by Gasteiger charge is 2.36. The van der Waals surface area contributed by atoms with Gasteiger partial charge in [0.15, 0.2) is 11.6 Å². The van der Waals surface area contributed by atoms with Crippen molar-refractivity contribution in [3.05, 3.63) is 35.9 Å². The summed E-state index contributed by atoms with van der Waals surface area (Å²) in [5.41, 5.74) is 7.08. The lowest BCUT2D eigenvalue weighted by Crippen LogP contribution is -2.25. The summed E-state index contributed by atoms with van der Waals surface area (Å²) in [6.45, 7) is 0.750. The Hall–Kier alpha value is -2.56. The van der Waals surface area contributed by atoms with Gasteiger partial charge in [0, 0.05) is 6.54 Å². The molecule has 0 fully saturated rings. The second-order valence-electron chi connectivity index (χ2n) is 5.54. The van der Waals surface area contributed by atoms with Gasteiger partial charge in [0.2, 0.25) is 5.16 Å². The number of hydrogen-bond acceptors (Lipinski definition) is 7. The average molecular weight is 372 g/mol. The van der Waals surface area contributed by atoms with Crippen LogP contribution in [0.5, 0.6) is 0 Å². The number of nitrogens with one attached hydrogen (secondary N) is 2. The molecule has 134 valence electrons. The van der Waals surface area contributed by atoms with Crippen molar-refractivity contribution >= 4 is 27.1 Å². The van der Waals surface area contributed by atoms with Gasteiger partial charge >= 0.3 is 6.18 Å². The fourth-order valence-electron chi connectivity index (χ4n) is 2.47. The molecule has 11 heteroatoms. The lowest BCUT2D eigenvalue weighted by molar-refractivity contribution is -0.106. The minimum Gasteiger partial charge on any atom is -0.382 e. The van der Waals surface area contributed by atoms with E-state index in [1.165, 1.54) is 0 Å². The lowest BCUT2D eigenvalue weighted by atomic mass is 10.2. The van der Waals surface area contributed by atoms with Crippen molar-refractivity contribution in [3.8, 4) is 0 Å². The van der Waals surface area contributed by atoms with Crippen LogP contribution in [0.3, 0.4) is 0 Å². The summed E-state index contributed by atoms with van der Waals surface area (Å²) < 4.78 is 57.4. The van der Waals surface area contributed by atoms with Crippen LogP contribution in [0.1, 0.15) is 5.56 Å². The maximum Gasteiger partial charge on any atom is 0.401 e. The van der Waals surface area contributed by atoms with E-state index in [0.717, 1.165) is 5.56 Å². The van der Waals surface area contributed by atoms with Gasteiger partial charge in [0.05, 0.1) is 6.67 Å².